The number of nitrogens with zero attached hydrogens (tertiary/aromatic N) is 2. The van der Waals surface area contributed by atoms with Gasteiger partial charge in [-0.2, -0.15) is 0 Å². The highest BCUT2D eigenvalue weighted by Crippen LogP contribution is 2.25. The van der Waals surface area contributed by atoms with E-state index in [1.807, 2.05) is 6.20 Å². The molecule has 0 bridgehead atoms. The first-order valence-electron chi connectivity index (χ1n) is 5.67. The molecule has 1 aromatic heterocycles. The van der Waals surface area contributed by atoms with E-state index in [0.717, 1.165) is 10.6 Å². The van der Waals surface area contributed by atoms with Gasteiger partial charge in [0, 0.05) is 18.3 Å². The van der Waals surface area contributed by atoms with Crippen molar-refractivity contribution in [2.45, 2.75) is 51.6 Å². The first-order valence-corrected chi connectivity index (χ1v) is 6.47. The molecule has 1 saturated carbocycles. The van der Waals surface area contributed by atoms with E-state index in [4.69, 9.17) is 0 Å². The highest BCUT2D eigenvalue weighted by molar-refractivity contribution is 9.10. The van der Waals surface area contributed by atoms with Gasteiger partial charge in [-0.25, -0.2) is 4.98 Å². The van der Waals surface area contributed by atoms with Crippen LogP contribution in [0.5, 0.6) is 0 Å². The number of rotatable bonds is 3. The van der Waals surface area contributed by atoms with Gasteiger partial charge in [0.05, 0.1) is 0 Å². The Balaban J connectivity index is 2.11. The summed E-state index contributed by atoms with van der Waals surface area (Å²) in [6.45, 7) is 4.35. The summed E-state index contributed by atoms with van der Waals surface area (Å²) in [4.78, 5) is 4.46. The van der Waals surface area contributed by atoms with E-state index in [9.17, 15) is 0 Å². The largest absolute Gasteiger partial charge is 0.353 e. The molecule has 1 aliphatic rings. The smallest absolute Gasteiger partial charge is 0.204 e. The lowest BCUT2D eigenvalue weighted by Gasteiger charge is -2.16. The van der Waals surface area contributed by atoms with E-state index >= 15 is 0 Å². The number of halogens is 1. The molecule has 4 heteroatoms. The second-order valence-corrected chi connectivity index (χ2v) is 5.33. The standard InChI is InChI=1S/C11H18BrN3/c1-8(2)15-7-10(12)14-11(15)13-9-5-3-4-6-9/h7-9H,3-6H2,1-2H3,(H,13,14). The third-order valence-electron chi connectivity index (χ3n) is 2.95. The summed E-state index contributed by atoms with van der Waals surface area (Å²) in [5.41, 5.74) is 0. The normalized spacial score (nSPS) is 17.6. The fourth-order valence-electron chi connectivity index (χ4n) is 2.12. The van der Waals surface area contributed by atoms with Crippen LogP contribution in [0, 0.1) is 0 Å². The number of nitrogens with one attached hydrogen (secondary N) is 1. The van der Waals surface area contributed by atoms with Crippen LogP contribution >= 0.6 is 15.9 Å². The summed E-state index contributed by atoms with van der Waals surface area (Å²) in [6, 6.07) is 1.07. The molecule has 0 spiro atoms. The molecule has 15 heavy (non-hydrogen) atoms. The molecule has 0 saturated heterocycles. The summed E-state index contributed by atoms with van der Waals surface area (Å²) in [6.07, 6.45) is 7.30. The molecule has 0 aliphatic heterocycles. The van der Waals surface area contributed by atoms with Crippen LogP contribution in [-0.2, 0) is 0 Å². The number of anilines is 1. The van der Waals surface area contributed by atoms with E-state index in [-0.39, 0.29) is 0 Å². The van der Waals surface area contributed by atoms with Gasteiger partial charge in [0.2, 0.25) is 5.95 Å². The zero-order valence-corrected chi connectivity index (χ0v) is 10.9. The minimum absolute atomic E-state index is 0.452. The van der Waals surface area contributed by atoms with Gasteiger partial charge < -0.3 is 9.88 Å². The van der Waals surface area contributed by atoms with E-state index in [0.29, 0.717) is 12.1 Å². The Bertz CT molecular complexity index is 327. The summed E-state index contributed by atoms with van der Waals surface area (Å²) < 4.78 is 3.10. The van der Waals surface area contributed by atoms with Gasteiger partial charge in [0.25, 0.3) is 0 Å². The molecule has 2 rings (SSSR count). The van der Waals surface area contributed by atoms with Gasteiger partial charge in [-0.15, -0.1) is 0 Å². The second kappa shape index (κ2) is 4.56. The van der Waals surface area contributed by atoms with Gasteiger partial charge in [-0.05, 0) is 42.6 Å². The number of aromatic nitrogens is 2. The van der Waals surface area contributed by atoms with Gasteiger partial charge in [-0.1, -0.05) is 12.8 Å². The predicted molar refractivity (Wildman–Crippen MR) is 66.2 cm³/mol. The van der Waals surface area contributed by atoms with Crippen LogP contribution in [0.4, 0.5) is 5.95 Å². The molecule has 1 aromatic rings. The first-order chi connectivity index (χ1) is 7.16. The van der Waals surface area contributed by atoms with Crippen molar-refractivity contribution >= 4 is 21.9 Å². The Labute approximate surface area is 99.4 Å². The van der Waals surface area contributed by atoms with E-state index in [1.165, 1.54) is 25.7 Å². The van der Waals surface area contributed by atoms with Crippen molar-refractivity contribution in [2.75, 3.05) is 5.32 Å². The molecule has 0 amide bonds. The highest BCUT2D eigenvalue weighted by atomic mass is 79.9. The van der Waals surface area contributed by atoms with Gasteiger partial charge in [0.15, 0.2) is 0 Å². The Morgan fingerprint density at radius 2 is 2.13 bits per heavy atom. The minimum atomic E-state index is 0.452. The Hall–Kier alpha value is -0.510. The molecular weight excluding hydrogens is 254 g/mol. The van der Waals surface area contributed by atoms with E-state index < -0.39 is 0 Å². The third-order valence-corrected chi connectivity index (χ3v) is 3.33. The van der Waals surface area contributed by atoms with Crippen LogP contribution in [0.25, 0.3) is 0 Å². The lowest BCUT2D eigenvalue weighted by Crippen LogP contribution is -2.18. The molecule has 84 valence electrons. The van der Waals surface area contributed by atoms with Crippen LogP contribution in [0.2, 0.25) is 0 Å². The number of imidazole rings is 1. The summed E-state index contributed by atoms with van der Waals surface area (Å²) in [5.74, 6) is 1.00. The molecule has 1 fully saturated rings. The van der Waals surface area contributed by atoms with Crippen molar-refractivity contribution in [1.82, 2.24) is 9.55 Å². The molecule has 0 unspecified atom stereocenters. The highest BCUT2D eigenvalue weighted by Gasteiger charge is 2.17. The summed E-state index contributed by atoms with van der Waals surface area (Å²) in [7, 11) is 0. The van der Waals surface area contributed by atoms with Crippen LogP contribution in [0.1, 0.15) is 45.6 Å². The summed E-state index contributed by atoms with van der Waals surface area (Å²) in [5, 5.41) is 3.53. The molecule has 0 atom stereocenters. The maximum absolute atomic E-state index is 4.46. The van der Waals surface area contributed by atoms with Gasteiger partial charge in [-0.3, -0.25) is 0 Å². The monoisotopic (exact) mass is 271 g/mol. The molecule has 1 heterocycles. The van der Waals surface area contributed by atoms with Crippen molar-refractivity contribution in [2.24, 2.45) is 0 Å². The number of hydrogen-bond acceptors (Lipinski definition) is 2. The quantitative estimate of drug-likeness (QED) is 0.911. The van der Waals surface area contributed by atoms with E-state index in [1.54, 1.807) is 0 Å². The molecular formula is C11H18BrN3. The maximum Gasteiger partial charge on any atom is 0.204 e. The second-order valence-electron chi connectivity index (χ2n) is 4.51. The SMILES string of the molecule is CC(C)n1cc(Br)nc1NC1CCCC1. The maximum atomic E-state index is 4.46. The zero-order valence-electron chi connectivity index (χ0n) is 9.33. The Kier molecular flexibility index (Phi) is 3.34. The average Bonchev–Trinajstić information content (AvgIpc) is 2.75. The average molecular weight is 272 g/mol. The minimum Gasteiger partial charge on any atom is -0.353 e. The van der Waals surface area contributed by atoms with Gasteiger partial charge >= 0.3 is 0 Å². The predicted octanol–water partition coefficient (Wildman–Crippen LogP) is 3.58. The van der Waals surface area contributed by atoms with Crippen molar-refractivity contribution in [3.8, 4) is 0 Å². The van der Waals surface area contributed by atoms with Crippen molar-refractivity contribution < 1.29 is 0 Å². The molecule has 1 aliphatic carbocycles. The van der Waals surface area contributed by atoms with Crippen LogP contribution < -0.4 is 5.32 Å². The fraction of sp³-hybridized carbons (Fsp3) is 0.727. The van der Waals surface area contributed by atoms with Crippen LogP contribution in [0.3, 0.4) is 0 Å². The molecule has 1 N–H and O–H groups in total. The first kappa shape index (κ1) is 11.0. The third kappa shape index (κ3) is 2.54. The molecule has 0 aromatic carbocycles. The number of hydrogen-bond donors (Lipinski definition) is 1. The molecule has 3 nitrogen and oxygen atoms in total. The van der Waals surface area contributed by atoms with E-state index in [2.05, 4.69) is 44.6 Å². The van der Waals surface area contributed by atoms with Crippen molar-refractivity contribution in [3.63, 3.8) is 0 Å². The lowest BCUT2D eigenvalue weighted by molar-refractivity contribution is 0.596. The Morgan fingerprint density at radius 1 is 1.47 bits per heavy atom. The lowest BCUT2D eigenvalue weighted by atomic mass is 10.2. The zero-order chi connectivity index (χ0) is 10.8. The van der Waals surface area contributed by atoms with Crippen molar-refractivity contribution in [3.05, 3.63) is 10.8 Å². The Morgan fingerprint density at radius 3 is 2.73 bits per heavy atom. The van der Waals surface area contributed by atoms with Crippen LogP contribution in [0.15, 0.2) is 10.8 Å². The summed E-state index contributed by atoms with van der Waals surface area (Å²) >= 11 is 3.43. The van der Waals surface area contributed by atoms with Crippen LogP contribution in [-0.4, -0.2) is 15.6 Å². The fourth-order valence-corrected chi connectivity index (χ4v) is 2.51. The van der Waals surface area contributed by atoms with Crippen molar-refractivity contribution in [1.29, 1.82) is 0 Å². The van der Waals surface area contributed by atoms with Gasteiger partial charge in [0.1, 0.15) is 4.60 Å². The topological polar surface area (TPSA) is 29.9 Å². The molecule has 0 radical (unpaired) electrons.